The third kappa shape index (κ3) is 2.96. The Hall–Kier alpha value is -1.13. The van der Waals surface area contributed by atoms with E-state index in [1.54, 1.807) is 0 Å². The zero-order valence-electron chi connectivity index (χ0n) is 10.8. The first-order valence-electron chi connectivity index (χ1n) is 6.08. The van der Waals surface area contributed by atoms with E-state index in [-0.39, 0.29) is 11.6 Å². The molecule has 1 unspecified atom stereocenters. The molecule has 4 heteroatoms. The quantitative estimate of drug-likeness (QED) is 0.848. The SMILES string of the molecule is CC(N)c1ccc(N2CCOC(C)(C)C2)nc1. The molecule has 1 aliphatic rings. The Balaban J connectivity index is 2.12. The van der Waals surface area contributed by atoms with Crippen LogP contribution in [-0.4, -0.2) is 30.3 Å². The van der Waals surface area contributed by atoms with Crippen LogP contribution in [0.25, 0.3) is 0 Å². The zero-order valence-corrected chi connectivity index (χ0v) is 10.8. The molecule has 0 aliphatic carbocycles. The third-order valence-electron chi connectivity index (χ3n) is 3.05. The predicted octanol–water partition coefficient (Wildman–Crippen LogP) is 1.72. The molecular weight excluding hydrogens is 214 g/mol. The fourth-order valence-electron chi connectivity index (χ4n) is 2.07. The van der Waals surface area contributed by atoms with E-state index in [4.69, 9.17) is 10.5 Å². The van der Waals surface area contributed by atoms with Gasteiger partial charge in [0.2, 0.25) is 0 Å². The van der Waals surface area contributed by atoms with Crippen LogP contribution in [0.1, 0.15) is 32.4 Å². The van der Waals surface area contributed by atoms with Crippen LogP contribution in [0.5, 0.6) is 0 Å². The molecule has 2 heterocycles. The summed E-state index contributed by atoms with van der Waals surface area (Å²) in [5.74, 6) is 1.01. The molecule has 1 aliphatic heterocycles. The molecule has 0 spiro atoms. The number of hydrogen-bond donors (Lipinski definition) is 1. The van der Waals surface area contributed by atoms with Crippen LogP contribution in [0.15, 0.2) is 18.3 Å². The Bertz CT molecular complexity index is 373. The molecule has 1 saturated heterocycles. The third-order valence-corrected chi connectivity index (χ3v) is 3.05. The van der Waals surface area contributed by atoms with Crippen molar-refractivity contribution in [3.8, 4) is 0 Å². The van der Waals surface area contributed by atoms with Crippen molar-refractivity contribution in [2.45, 2.75) is 32.4 Å². The van der Waals surface area contributed by atoms with Crippen molar-refractivity contribution in [3.05, 3.63) is 23.9 Å². The number of morpholine rings is 1. The summed E-state index contributed by atoms with van der Waals surface area (Å²) in [6.07, 6.45) is 1.86. The zero-order chi connectivity index (χ0) is 12.5. The number of nitrogens with zero attached hydrogens (tertiary/aromatic N) is 2. The lowest BCUT2D eigenvalue weighted by Crippen LogP contribution is -2.48. The lowest BCUT2D eigenvalue weighted by atomic mass is 10.1. The van der Waals surface area contributed by atoms with E-state index in [0.29, 0.717) is 0 Å². The maximum absolute atomic E-state index is 5.81. The van der Waals surface area contributed by atoms with E-state index in [9.17, 15) is 0 Å². The van der Waals surface area contributed by atoms with Gasteiger partial charge in [-0.05, 0) is 32.4 Å². The predicted molar refractivity (Wildman–Crippen MR) is 69.1 cm³/mol. The molecule has 0 radical (unpaired) electrons. The first-order chi connectivity index (χ1) is 7.98. The van der Waals surface area contributed by atoms with Crippen LogP contribution >= 0.6 is 0 Å². The van der Waals surface area contributed by atoms with Gasteiger partial charge >= 0.3 is 0 Å². The van der Waals surface area contributed by atoms with Gasteiger partial charge in [-0.2, -0.15) is 0 Å². The van der Waals surface area contributed by atoms with Gasteiger partial charge in [0.25, 0.3) is 0 Å². The Kier molecular flexibility index (Phi) is 3.35. The summed E-state index contributed by atoms with van der Waals surface area (Å²) in [5.41, 5.74) is 6.78. The minimum absolute atomic E-state index is 0.0395. The molecule has 4 nitrogen and oxygen atoms in total. The van der Waals surface area contributed by atoms with E-state index in [1.807, 2.05) is 19.2 Å². The van der Waals surface area contributed by atoms with Gasteiger partial charge < -0.3 is 15.4 Å². The van der Waals surface area contributed by atoms with Crippen LogP contribution in [0, 0.1) is 0 Å². The maximum Gasteiger partial charge on any atom is 0.128 e. The standard InChI is InChI=1S/C13H21N3O/c1-10(14)11-4-5-12(15-8-11)16-6-7-17-13(2,3)9-16/h4-5,8,10H,6-7,9,14H2,1-3H3. The van der Waals surface area contributed by atoms with Crippen LogP contribution in [0.2, 0.25) is 0 Å². The van der Waals surface area contributed by atoms with Gasteiger partial charge in [0.05, 0.1) is 12.2 Å². The van der Waals surface area contributed by atoms with Gasteiger partial charge in [-0.3, -0.25) is 0 Å². The number of rotatable bonds is 2. The molecule has 2 rings (SSSR count). The van der Waals surface area contributed by atoms with Crippen molar-refractivity contribution in [2.75, 3.05) is 24.6 Å². The topological polar surface area (TPSA) is 51.4 Å². The van der Waals surface area contributed by atoms with E-state index >= 15 is 0 Å². The lowest BCUT2D eigenvalue weighted by molar-refractivity contribution is -0.0279. The summed E-state index contributed by atoms with van der Waals surface area (Å²) < 4.78 is 5.69. The summed E-state index contributed by atoms with van der Waals surface area (Å²) in [7, 11) is 0. The van der Waals surface area contributed by atoms with Gasteiger partial charge in [0.1, 0.15) is 5.82 Å². The summed E-state index contributed by atoms with van der Waals surface area (Å²) in [4.78, 5) is 6.74. The van der Waals surface area contributed by atoms with E-state index in [2.05, 4.69) is 29.8 Å². The molecule has 1 aromatic rings. The van der Waals surface area contributed by atoms with Crippen molar-refractivity contribution in [3.63, 3.8) is 0 Å². The van der Waals surface area contributed by atoms with Crippen molar-refractivity contribution in [1.29, 1.82) is 0 Å². The lowest BCUT2D eigenvalue weighted by Gasteiger charge is -2.38. The van der Waals surface area contributed by atoms with Gasteiger partial charge in [-0.15, -0.1) is 0 Å². The minimum atomic E-state index is -0.0975. The molecule has 0 saturated carbocycles. The summed E-state index contributed by atoms with van der Waals surface area (Å²) in [6, 6.07) is 4.13. The van der Waals surface area contributed by atoms with Crippen LogP contribution in [-0.2, 0) is 4.74 Å². The highest BCUT2D eigenvalue weighted by Crippen LogP contribution is 2.22. The number of ether oxygens (including phenoxy) is 1. The molecule has 1 fully saturated rings. The van der Waals surface area contributed by atoms with Crippen molar-refractivity contribution in [2.24, 2.45) is 5.73 Å². The second-order valence-electron chi connectivity index (χ2n) is 5.27. The number of nitrogens with two attached hydrogens (primary N) is 1. The summed E-state index contributed by atoms with van der Waals surface area (Å²) in [5, 5.41) is 0. The minimum Gasteiger partial charge on any atom is -0.372 e. The molecule has 0 amide bonds. The molecule has 17 heavy (non-hydrogen) atoms. The number of anilines is 1. The van der Waals surface area contributed by atoms with Gasteiger partial charge in [0, 0.05) is 25.3 Å². The Labute approximate surface area is 103 Å². The van der Waals surface area contributed by atoms with Gasteiger partial charge in [-0.25, -0.2) is 4.98 Å². The van der Waals surface area contributed by atoms with Gasteiger partial charge in [0.15, 0.2) is 0 Å². The first kappa shape index (κ1) is 12.3. The van der Waals surface area contributed by atoms with Crippen LogP contribution in [0.4, 0.5) is 5.82 Å². The molecule has 2 N–H and O–H groups in total. The average Bonchev–Trinajstić information content (AvgIpc) is 2.28. The summed E-state index contributed by atoms with van der Waals surface area (Å²) in [6.45, 7) is 8.70. The van der Waals surface area contributed by atoms with Gasteiger partial charge in [-0.1, -0.05) is 6.07 Å². The molecule has 0 bridgehead atoms. The number of hydrogen-bond acceptors (Lipinski definition) is 4. The Morgan fingerprint density at radius 3 is 2.76 bits per heavy atom. The Morgan fingerprint density at radius 1 is 1.47 bits per heavy atom. The van der Waals surface area contributed by atoms with E-state index < -0.39 is 0 Å². The van der Waals surface area contributed by atoms with Crippen LogP contribution < -0.4 is 10.6 Å². The van der Waals surface area contributed by atoms with Crippen molar-refractivity contribution >= 4 is 5.82 Å². The fraction of sp³-hybridized carbons (Fsp3) is 0.615. The molecular formula is C13H21N3O. The van der Waals surface area contributed by atoms with Crippen LogP contribution in [0.3, 0.4) is 0 Å². The highest BCUT2D eigenvalue weighted by molar-refractivity contribution is 5.40. The first-order valence-corrected chi connectivity index (χ1v) is 6.08. The summed E-state index contributed by atoms with van der Waals surface area (Å²) >= 11 is 0. The fourth-order valence-corrected chi connectivity index (χ4v) is 2.07. The van der Waals surface area contributed by atoms with E-state index in [0.717, 1.165) is 31.1 Å². The molecule has 1 aromatic heterocycles. The highest BCUT2D eigenvalue weighted by Gasteiger charge is 2.27. The normalized spacial score (nSPS) is 21.3. The smallest absolute Gasteiger partial charge is 0.128 e. The number of pyridine rings is 1. The average molecular weight is 235 g/mol. The van der Waals surface area contributed by atoms with E-state index in [1.165, 1.54) is 0 Å². The second kappa shape index (κ2) is 4.63. The molecule has 1 atom stereocenters. The Morgan fingerprint density at radius 2 is 2.24 bits per heavy atom. The van der Waals surface area contributed by atoms with Crippen molar-refractivity contribution < 1.29 is 4.74 Å². The number of aromatic nitrogens is 1. The largest absolute Gasteiger partial charge is 0.372 e. The molecule has 0 aromatic carbocycles. The highest BCUT2D eigenvalue weighted by atomic mass is 16.5. The monoisotopic (exact) mass is 235 g/mol. The second-order valence-corrected chi connectivity index (χ2v) is 5.27. The molecule has 94 valence electrons. The maximum atomic E-state index is 5.81. The van der Waals surface area contributed by atoms with Crippen molar-refractivity contribution in [1.82, 2.24) is 4.98 Å².